The van der Waals surface area contributed by atoms with Crippen LogP contribution in [-0.2, 0) is 16.1 Å². The third-order valence-electron chi connectivity index (χ3n) is 1.96. The Bertz CT molecular complexity index is 335. The van der Waals surface area contributed by atoms with Gasteiger partial charge in [0.15, 0.2) is 0 Å². The highest BCUT2D eigenvalue weighted by Gasteiger charge is 2.05. The molecule has 1 N–H and O–H groups in total. The highest BCUT2D eigenvalue weighted by molar-refractivity contribution is 5.25. The van der Waals surface area contributed by atoms with Gasteiger partial charge in [-0.15, -0.1) is 0 Å². The summed E-state index contributed by atoms with van der Waals surface area (Å²) in [6.45, 7) is 1.37. The van der Waals surface area contributed by atoms with Crippen molar-refractivity contribution in [1.82, 2.24) is 4.98 Å². The lowest BCUT2D eigenvalue weighted by Crippen LogP contribution is -2.11. The maximum absolute atomic E-state index is 12.8. The number of pyridine rings is 1. The van der Waals surface area contributed by atoms with E-state index in [1.54, 1.807) is 7.11 Å². The van der Waals surface area contributed by atoms with Gasteiger partial charge in [0.05, 0.1) is 32.6 Å². The molecule has 1 aromatic rings. The van der Waals surface area contributed by atoms with Crippen LogP contribution in [0.15, 0.2) is 12.3 Å². The van der Waals surface area contributed by atoms with Crippen molar-refractivity contribution in [2.24, 2.45) is 0 Å². The number of aliphatic hydroxyl groups excluding tert-OH is 1. The quantitative estimate of drug-likeness (QED) is 0.685. The van der Waals surface area contributed by atoms with Gasteiger partial charge in [0.1, 0.15) is 12.4 Å². The first-order valence-electron chi connectivity index (χ1n) is 5.22. The van der Waals surface area contributed by atoms with E-state index in [9.17, 15) is 4.39 Å². The van der Waals surface area contributed by atoms with Crippen molar-refractivity contribution in [2.75, 3.05) is 33.5 Å². The average molecular weight is 245 g/mol. The molecule has 1 aromatic heterocycles. The lowest BCUT2D eigenvalue weighted by atomic mass is 10.3. The zero-order chi connectivity index (χ0) is 12.5. The summed E-state index contributed by atoms with van der Waals surface area (Å²) in [5.41, 5.74) is 0.321. The minimum absolute atomic E-state index is 0.226. The van der Waals surface area contributed by atoms with Gasteiger partial charge in [-0.05, 0) is 6.07 Å². The van der Waals surface area contributed by atoms with Gasteiger partial charge in [-0.2, -0.15) is 0 Å². The Morgan fingerprint density at radius 1 is 1.29 bits per heavy atom. The summed E-state index contributed by atoms with van der Waals surface area (Å²) in [7, 11) is 1.59. The molecular formula is C11H16FNO4. The molecule has 6 heteroatoms. The summed E-state index contributed by atoms with van der Waals surface area (Å²) >= 11 is 0. The number of hydrogen-bond acceptors (Lipinski definition) is 5. The highest BCUT2D eigenvalue weighted by Crippen LogP contribution is 2.15. The lowest BCUT2D eigenvalue weighted by Gasteiger charge is -2.09. The highest BCUT2D eigenvalue weighted by atomic mass is 19.1. The van der Waals surface area contributed by atoms with Crippen molar-refractivity contribution < 1.29 is 23.7 Å². The first-order chi connectivity index (χ1) is 8.27. The van der Waals surface area contributed by atoms with Gasteiger partial charge in [0, 0.05) is 12.7 Å². The third-order valence-corrected chi connectivity index (χ3v) is 1.96. The van der Waals surface area contributed by atoms with E-state index in [1.807, 2.05) is 0 Å². The molecule has 5 nitrogen and oxygen atoms in total. The van der Waals surface area contributed by atoms with Crippen LogP contribution in [-0.4, -0.2) is 43.6 Å². The topological polar surface area (TPSA) is 60.8 Å². The molecule has 0 atom stereocenters. The van der Waals surface area contributed by atoms with Crippen LogP contribution in [0.3, 0.4) is 0 Å². The Morgan fingerprint density at radius 3 is 2.76 bits per heavy atom. The minimum Gasteiger partial charge on any atom is -0.475 e. The Kier molecular flexibility index (Phi) is 6.46. The SMILES string of the molecule is COCCOCCOc1ncc(F)cc1CO. The largest absolute Gasteiger partial charge is 0.475 e. The molecule has 0 unspecified atom stereocenters. The smallest absolute Gasteiger partial charge is 0.219 e. The Hall–Kier alpha value is -1.24. The molecule has 0 aliphatic rings. The predicted molar refractivity (Wildman–Crippen MR) is 58.3 cm³/mol. The second kappa shape index (κ2) is 7.94. The van der Waals surface area contributed by atoms with Crippen molar-refractivity contribution in [3.63, 3.8) is 0 Å². The Morgan fingerprint density at radius 2 is 2.06 bits per heavy atom. The number of aliphatic hydroxyl groups is 1. The first kappa shape index (κ1) is 13.8. The number of ether oxygens (including phenoxy) is 3. The fourth-order valence-electron chi connectivity index (χ4n) is 1.15. The number of halogens is 1. The van der Waals surface area contributed by atoms with Gasteiger partial charge in [-0.3, -0.25) is 0 Å². The zero-order valence-corrected chi connectivity index (χ0v) is 9.69. The zero-order valence-electron chi connectivity index (χ0n) is 9.69. The van der Waals surface area contributed by atoms with Gasteiger partial charge < -0.3 is 19.3 Å². The maximum Gasteiger partial charge on any atom is 0.219 e. The van der Waals surface area contributed by atoms with E-state index in [0.717, 1.165) is 6.20 Å². The number of methoxy groups -OCH3 is 1. The van der Waals surface area contributed by atoms with Crippen molar-refractivity contribution in [2.45, 2.75) is 6.61 Å². The lowest BCUT2D eigenvalue weighted by molar-refractivity contribution is 0.0532. The molecule has 0 spiro atoms. The van der Waals surface area contributed by atoms with E-state index < -0.39 is 5.82 Å². The Labute approximate surface area is 99.1 Å². The summed E-state index contributed by atoms with van der Waals surface area (Å²) < 4.78 is 28.0. The summed E-state index contributed by atoms with van der Waals surface area (Å²) in [4.78, 5) is 3.75. The van der Waals surface area contributed by atoms with E-state index in [4.69, 9.17) is 19.3 Å². The van der Waals surface area contributed by atoms with E-state index in [0.29, 0.717) is 25.4 Å². The van der Waals surface area contributed by atoms with Crippen LogP contribution in [0, 0.1) is 5.82 Å². The molecule has 0 radical (unpaired) electrons. The van der Waals surface area contributed by atoms with Gasteiger partial charge >= 0.3 is 0 Å². The van der Waals surface area contributed by atoms with Crippen LogP contribution in [0.25, 0.3) is 0 Å². The molecule has 0 saturated heterocycles. The molecule has 0 aliphatic heterocycles. The molecular weight excluding hydrogens is 229 g/mol. The fourth-order valence-corrected chi connectivity index (χ4v) is 1.15. The molecule has 0 saturated carbocycles. The number of hydrogen-bond donors (Lipinski definition) is 1. The van der Waals surface area contributed by atoms with Crippen LogP contribution in [0.5, 0.6) is 5.88 Å². The third kappa shape index (κ3) is 5.08. The van der Waals surface area contributed by atoms with Crippen LogP contribution < -0.4 is 4.74 Å². The normalized spacial score (nSPS) is 10.5. The van der Waals surface area contributed by atoms with E-state index in [2.05, 4.69) is 4.98 Å². The molecule has 0 aromatic carbocycles. The number of nitrogens with zero attached hydrogens (tertiary/aromatic N) is 1. The average Bonchev–Trinajstić information content (AvgIpc) is 2.35. The van der Waals surface area contributed by atoms with Crippen LogP contribution >= 0.6 is 0 Å². The fraction of sp³-hybridized carbons (Fsp3) is 0.545. The molecule has 17 heavy (non-hydrogen) atoms. The molecule has 1 heterocycles. The molecule has 0 fully saturated rings. The molecule has 96 valence electrons. The predicted octanol–water partition coefficient (Wildman–Crippen LogP) is 0.755. The molecule has 0 aliphatic carbocycles. The van der Waals surface area contributed by atoms with Crippen LogP contribution in [0.2, 0.25) is 0 Å². The number of rotatable bonds is 8. The summed E-state index contributed by atoms with van der Waals surface area (Å²) in [6, 6.07) is 1.19. The second-order valence-electron chi connectivity index (χ2n) is 3.23. The first-order valence-corrected chi connectivity index (χ1v) is 5.22. The van der Waals surface area contributed by atoms with Crippen molar-refractivity contribution in [3.05, 3.63) is 23.6 Å². The van der Waals surface area contributed by atoms with Crippen molar-refractivity contribution in [3.8, 4) is 5.88 Å². The van der Waals surface area contributed by atoms with E-state index in [1.165, 1.54) is 6.07 Å². The molecule has 1 rings (SSSR count). The van der Waals surface area contributed by atoms with Gasteiger partial charge in [0.2, 0.25) is 5.88 Å². The van der Waals surface area contributed by atoms with Crippen molar-refractivity contribution >= 4 is 0 Å². The molecule has 0 bridgehead atoms. The van der Waals surface area contributed by atoms with Crippen LogP contribution in [0.1, 0.15) is 5.56 Å². The van der Waals surface area contributed by atoms with Gasteiger partial charge in [0.25, 0.3) is 0 Å². The monoisotopic (exact) mass is 245 g/mol. The van der Waals surface area contributed by atoms with Crippen LogP contribution in [0.4, 0.5) is 4.39 Å². The van der Waals surface area contributed by atoms with Gasteiger partial charge in [-0.1, -0.05) is 0 Å². The summed E-state index contributed by atoms with van der Waals surface area (Å²) in [6.07, 6.45) is 1.04. The minimum atomic E-state index is -0.502. The second-order valence-corrected chi connectivity index (χ2v) is 3.23. The standard InChI is InChI=1S/C11H16FNO4/c1-15-2-3-16-4-5-17-11-9(8-14)6-10(12)7-13-11/h6-7,14H,2-5,8H2,1H3. The van der Waals surface area contributed by atoms with Crippen molar-refractivity contribution in [1.29, 1.82) is 0 Å². The molecule has 0 amide bonds. The number of aromatic nitrogens is 1. The summed E-state index contributed by atoms with van der Waals surface area (Å²) in [5.74, 6) is -0.276. The van der Waals surface area contributed by atoms with E-state index in [-0.39, 0.29) is 19.1 Å². The summed E-state index contributed by atoms with van der Waals surface area (Å²) in [5, 5.41) is 8.98. The van der Waals surface area contributed by atoms with E-state index >= 15 is 0 Å². The maximum atomic E-state index is 12.8. The van der Waals surface area contributed by atoms with Gasteiger partial charge in [-0.25, -0.2) is 9.37 Å². The Balaban J connectivity index is 2.31.